The molecule has 0 amide bonds. The van der Waals surface area contributed by atoms with Gasteiger partial charge in [0.15, 0.2) is 5.84 Å². The quantitative estimate of drug-likeness (QED) is 0.351. The molecule has 1 spiro atoms. The van der Waals surface area contributed by atoms with E-state index in [9.17, 15) is 0 Å². The van der Waals surface area contributed by atoms with Gasteiger partial charge >= 0.3 is 0 Å². The van der Waals surface area contributed by atoms with Crippen molar-refractivity contribution in [3.8, 4) is 0 Å². The van der Waals surface area contributed by atoms with Crippen molar-refractivity contribution < 1.29 is 9.94 Å². The molecule has 2 heterocycles. The Balaban J connectivity index is 2.00. The molecule has 0 radical (unpaired) electrons. The number of oxime groups is 1. The van der Waals surface area contributed by atoms with E-state index in [4.69, 9.17) is 15.7 Å². The van der Waals surface area contributed by atoms with Gasteiger partial charge in [0.1, 0.15) is 0 Å². The van der Waals surface area contributed by atoms with Crippen molar-refractivity contribution >= 4 is 17.6 Å². The van der Waals surface area contributed by atoms with Crippen molar-refractivity contribution in [2.24, 2.45) is 10.9 Å². The van der Waals surface area contributed by atoms with Gasteiger partial charge in [-0.25, -0.2) is 0 Å². The molecule has 2 fully saturated rings. The minimum Gasteiger partial charge on any atom is -0.409 e. The minimum absolute atomic E-state index is 0.0886. The molecular formula is C14H27N3O2S. The molecule has 3 N–H and O–H groups in total. The molecule has 0 aromatic heterocycles. The van der Waals surface area contributed by atoms with Gasteiger partial charge < -0.3 is 15.7 Å². The fourth-order valence-electron chi connectivity index (χ4n) is 3.32. The number of hydrogen-bond acceptors (Lipinski definition) is 5. The fourth-order valence-corrected chi connectivity index (χ4v) is 4.56. The van der Waals surface area contributed by atoms with Crippen LogP contribution in [0.1, 0.15) is 39.0 Å². The summed E-state index contributed by atoms with van der Waals surface area (Å²) in [6.45, 7) is 4.56. The Morgan fingerprint density at radius 2 is 2.25 bits per heavy atom. The summed E-state index contributed by atoms with van der Waals surface area (Å²) >= 11 is 2.03. The van der Waals surface area contributed by atoms with Crippen LogP contribution in [0, 0.1) is 0 Å². The third kappa shape index (κ3) is 4.02. The summed E-state index contributed by atoms with van der Waals surface area (Å²) in [7, 11) is 0. The summed E-state index contributed by atoms with van der Waals surface area (Å²) in [6, 6.07) is 0.493. The standard InChI is InChI=1S/C14H27N3O2S/c1-2-6-17(11-13(15)16-18)12-3-7-19-14(10-12)4-8-20-9-5-14/h12,18H,2-11H2,1H3,(H2,15,16). The summed E-state index contributed by atoms with van der Waals surface area (Å²) in [4.78, 5) is 2.36. The van der Waals surface area contributed by atoms with Crippen LogP contribution in [0.2, 0.25) is 0 Å². The molecule has 0 aromatic carbocycles. The number of hydrogen-bond donors (Lipinski definition) is 2. The predicted molar refractivity (Wildman–Crippen MR) is 83.5 cm³/mol. The van der Waals surface area contributed by atoms with Crippen LogP contribution in [-0.4, -0.2) is 58.8 Å². The van der Waals surface area contributed by atoms with E-state index in [1.165, 1.54) is 11.5 Å². The number of rotatable bonds is 5. The molecule has 2 aliphatic heterocycles. The molecule has 0 saturated carbocycles. The van der Waals surface area contributed by atoms with Gasteiger partial charge in [-0.15, -0.1) is 0 Å². The van der Waals surface area contributed by atoms with Crippen LogP contribution in [0.25, 0.3) is 0 Å². The van der Waals surface area contributed by atoms with E-state index in [1.54, 1.807) is 0 Å². The molecule has 2 rings (SSSR count). The molecule has 0 bridgehead atoms. The van der Waals surface area contributed by atoms with Crippen molar-refractivity contribution in [2.45, 2.75) is 50.7 Å². The average molecular weight is 301 g/mol. The van der Waals surface area contributed by atoms with Crippen molar-refractivity contribution in [1.82, 2.24) is 4.90 Å². The van der Waals surface area contributed by atoms with Gasteiger partial charge in [-0.3, -0.25) is 4.90 Å². The van der Waals surface area contributed by atoms with Crippen LogP contribution < -0.4 is 5.73 Å². The molecule has 0 aliphatic carbocycles. The highest BCUT2D eigenvalue weighted by Gasteiger charge is 2.40. The fraction of sp³-hybridized carbons (Fsp3) is 0.929. The second-order valence-corrected chi connectivity index (χ2v) is 7.08. The summed E-state index contributed by atoms with van der Waals surface area (Å²) in [5, 5.41) is 11.9. The molecule has 116 valence electrons. The summed E-state index contributed by atoms with van der Waals surface area (Å²) in [5.41, 5.74) is 5.79. The number of amidine groups is 1. The molecule has 2 aliphatic rings. The first-order valence-electron chi connectivity index (χ1n) is 7.61. The van der Waals surface area contributed by atoms with Crippen LogP contribution >= 0.6 is 11.8 Å². The molecular weight excluding hydrogens is 274 g/mol. The monoisotopic (exact) mass is 301 g/mol. The lowest BCUT2D eigenvalue weighted by atomic mass is 9.84. The predicted octanol–water partition coefficient (Wildman–Crippen LogP) is 1.89. The largest absolute Gasteiger partial charge is 0.409 e. The van der Waals surface area contributed by atoms with Crippen LogP contribution in [-0.2, 0) is 4.74 Å². The summed E-state index contributed by atoms with van der Waals surface area (Å²) in [6.07, 6.45) is 5.55. The highest BCUT2D eigenvalue weighted by molar-refractivity contribution is 7.99. The highest BCUT2D eigenvalue weighted by Crippen LogP contribution is 2.38. The molecule has 2 saturated heterocycles. The topological polar surface area (TPSA) is 71.1 Å². The van der Waals surface area contributed by atoms with E-state index in [-0.39, 0.29) is 5.60 Å². The zero-order valence-electron chi connectivity index (χ0n) is 12.4. The second kappa shape index (κ2) is 7.52. The maximum atomic E-state index is 8.80. The summed E-state index contributed by atoms with van der Waals surface area (Å²) in [5.74, 6) is 2.72. The van der Waals surface area contributed by atoms with Crippen LogP contribution in [0.3, 0.4) is 0 Å². The zero-order valence-corrected chi connectivity index (χ0v) is 13.2. The third-order valence-corrected chi connectivity index (χ3v) is 5.38. The highest BCUT2D eigenvalue weighted by atomic mass is 32.2. The van der Waals surface area contributed by atoms with Gasteiger partial charge in [-0.05, 0) is 50.2 Å². The van der Waals surface area contributed by atoms with Crippen molar-refractivity contribution in [3.05, 3.63) is 0 Å². The van der Waals surface area contributed by atoms with Crippen molar-refractivity contribution in [1.29, 1.82) is 0 Å². The normalized spacial score (nSPS) is 27.1. The van der Waals surface area contributed by atoms with Crippen molar-refractivity contribution in [2.75, 3.05) is 31.2 Å². The van der Waals surface area contributed by atoms with E-state index >= 15 is 0 Å². The first-order chi connectivity index (χ1) is 9.69. The molecule has 6 heteroatoms. The number of nitrogens with zero attached hydrogens (tertiary/aromatic N) is 2. The SMILES string of the molecule is CCCN(CC(N)=NO)C1CCOC2(CCSCC2)C1. The van der Waals surface area contributed by atoms with Crippen LogP contribution in [0.5, 0.6) is 0 Å². The van der Waals surface area contributed by atoms with Gasteiger partial charge in [0.05, 0.1) is 12.1 Å². The van der Waals surface area contributed by atoms with Gasteiger partial charge in [0.2, 0.25) is 0 Å². The van der Waals surface area contributed by atoms with Crippen LogP contribution in [0.4, 0.5) is 0 Å². The molecule has 1 atom stereocenters. The molecule has 0 aromatic rings. The Hall–Kier alpha value is -0.460. The van der Waals surface area contributed by atoms with Crippen molar-refractivity contribution in [3.63, 3.8) is 0 Å². The minimum atomic E-state index is 0.0886. The second-order valence-electron chi connectivity index (χ2n) is 5.85. The first-order valence-corrected chi connectivity index (χ1v) is 8.77. The third-order valence-electron chi connectivity index (χ3n) is 4.39. The van der Waals surface area contributed by atoms with Gasteiger partial charge in [-0.2, -0.15) is 11.8 Å². The van der Waals surface area contributed by atoms with Gasteiger partial charge in [-0.1, -0.05) is 12.1 Å². The lowest BCUT2D eigenvalue weighted by Gasteiger charge is -2.46. The lowest BCUT2D eigenvalue weighted by molar-refractivity contribution is -0.109. The van der Waals surface area contributed by atoms with E-state index in [0.29, 0.717) is 18.4 Å². The van der Waals surface area contributed by atoms with E-state index in [0.717, 1.165) is 45.3 Å². The molecule has 1 unspecified atom stereocenters. The van der Waals surface area contributed by atoms with E-state index in [2.05, 4.69) is 17.0 Å². The van der Waals surface area contributed by atoms with E-state index < -0.39 is 0 Å². The Bertz CT molecular complexity index is 327. The van der Waals surface area contributed by atoms with E-state index in [1.807, 2.05) is 11.8 Å². The number of ether oxygens (including phenoxy) is 1. The number of thioether (sulfide) groups is 1. The Labute approximate surface area is 125 Å². The Kier molecular flexibility index (Phi) is 5.99. The van der Waals surface area contributed by atoms with Gasteiger partial charge in [0.25, 0.3) is 0 Å². The Morgan fingerprint density at radius 1 is 1.50 bits per heavy atom. The number of nitrogens with two attached hydrogens (primary N) is 1. The lowest BCUT2D eigenvalue weighted by Crippen LogP contribution is -2.52. The maximum Gasteiger partial charge on any atom is 0.153 e. The van der Waals surface area contributed by atoms with Gasteiger partial charge in [0, 0.05) is 12.6 Å². The zero-order chi connectivity index (χ0) is 14.4. The van der Waals surface area contributed by atoms with Crippen LogP contribution in [0.15, 0.2) is 5.16 Å². The Morgan fingerprint density at radius 3 is 2.90 bits per heavy atom. The first kappa shape index (κ1) is 15.9. The average Bonchev–Trinajstić information content (AvgIpc) is 2.47. The smallest absolute Gasteiger partial charge is 0.153 e. The molecule has 20 heavy (non-hydrogen) atoms. The maximum absolute atomic E-state index is 8.80. The summed E-state index contributed by atoms with van der Waals surface area (Å²) < 4.78 is 6.15. The molecule has 5 nitrogen and oxygen atoms in total.